The van der Waals surface area contributed by atoms with Gasteiger partial charge in [-0.25, -0.2) is 0 Å². The van der Waals surface area contributed by atoms with Crippen LogP contribution in [0.2, 0.25) is 0 Å². The normalized spacial score (nSPS) is 41.3. The average molecular weight is 1060 g/mol. The zero-order valence-electron chi connectivity index (χ0n) is 44.6. The molecule has 7 aliphatic rings. The van der Waals surface area contributed by atoms with Crippen molar-refractivity contribution in [3.8, 4) is 17.2 Å². The van der Waals surface area contributed by atoms with Gasteiger partial charge in [-0.15, -0.1) is 0 Å². The molecule has 21 atom stereocenters. The number of aromatic hydroxyl groups is 3. The molecular formula is C54H78N2O19. The van der Waals surface area contributed by atoms with Crippen LogP contribution >= 0.6 is 0 Å². The van der Waals surface area contributed by atoms with Gasteiger partial charge >= 0.3 is 0 Å². The lowest BCUT2D eigenvalue weighted by Crippen LogP contribution is -2.58. The van der Waals surface area contributed by atoms with Gasteiger partial charge in [0.15, 0.2) is 37.2 Å². The Morgan fingerprint density at radius 3 is 1.80 bits per heavy atom. The molecule has 75 heavy (non-hydrogen) atoms. The first-order chi connectivity index (χ1) is 35.5. The standard InChI is InChI=1S/C54H78N2O19/c1-11-54(65)22-35(42-45(53(54)75-39-19-29(55(7)8)46(60)25(4)68-39)50(64)43-44(49(42)63)48(62)41-28(47(43)61)13-12-14-32(41)58)72-38-20-30(56(9)10)51(26(5)69-38)74-40-21-33(59)52(27(6)70-40)73-37-18-16-34(24(3)67-37)71-36-17-15-31(57)23(2)66-36/h12-14,23-27,29-31,33-40,46,51-53,57-60,63-65H,11,15-22H2,1-10H3/t23?,24?,25?,26?,27?,29?,30?,31?,33?,34?,35-,36?,37?,38?,39?,40?,46?,51?,52?,53+,54+/m0/s1. The average Bonchev–Trinajstić information content (AvgIpc) is 3.37. The molecular weight excluding hydrogens is 981 g/mol. The van der Waals surface area contributed by atoms with E-state index in [1.807, 2.05) is 65.7 Å². The summed E-state index contributed by atoms with van der Waals surface area (Å²) in [7, 11) is 7.37. The van der Waals surface area contributed by atoms with Crippen LogP contribution in [0.1, 0.15) is 155 Å². The maximum absolute atomic E-state index is 14.3. The second-order valence-corrected chi connectivity index (χ2v) is 22.2. The van der Waals surface area contributed by atoms with E-state index in [2.05, 4.69) is 0 Å². The van der Waals surface area contributed by atoms with Gasteiger partial charge in [-0.2, -0.15) is 0 Å². The number of phenols is 3. The van der Waals surface area contributed by atoms with Crippen molar-refractivity contribution in [3.05, 3.63) is 51.6 Å². The van der Waals surface area contributed by atoms with Crippen LogP contribution in [0.15, 0.2) is 18.2 Å². The monoisotopic (exact) mass is 1060 g/mol. The number of hydrogen-bond donors (Lipinski definition) is 7. The molecule has 0 saturated carbocycles. The van der Waals surface area contributed by atoms with Crippen molar-refractivity contribution in [2.75, 3.05) is 28.2 Å². The number of ketones is 2. The molecule has 5 heterocycles. The summed E-state index contributed by atoms with van der Waals surface area (Å²) in [5.74, 6) is -3.62. The lowest BCUT2D eigenvalue weighted by molar-refractivity contribution is -0.333. The van der Waals surface area contributed by atoms with Gasteiger partial charge < -0.3 is 92.9 Å². The Kier molecular flexibility index (Phi) is 16.8. The van der Waals surface area contributed by atoms with E-state index in [1.54, 1.807) is 13.8 Å². The second kappa shape index (κ2) is 22.4. The summed E-state index contributed by atoms with van der Waals surface area (Å²) in [6.45, 7) is 10.8. The maximum atomic E-state index is 14.3. The summed E-state index contributed by atoms with van der Waals surface area (Å²) in [4.78, 5) is 32.4. The molecule has 2 aliphatic carbocycles. The number of likely N-dealkylation sites (N-methyl/N-ethyl adjacent to an activating group) is 2. The molecule has 5 saturated heterocycles. The molecule has 7 N–H and O–H groups in total. The minimum atomic E-state index is -1.85. The number of rotatable bonds is 13. The van der Waals surface area contributed by atoms with Crippen molar-refractivity contribution < 1.29 is 92.7 Å². The van der Waals surface area contributed by atoms with Crippen molar-refractivity contribution >= 4 is 11.6 Å². The molecule has 0 spiro atoms. The number of aliphatic hydroxyl groups excluding tert-OH is 3. The van der Waals surface area contributed by atoms with Crippen LogP contribution < -0.4 is 0 Å². The highest BCUT2D eigenvalue weighted by Crippen LogP contribution is 2.58. The summed E-state index contributed by atoms with van der Waals surface area (Å²) in [6, 6.07) is 3.19. The van der Waals surface area contributed by atoms with Gasteiger partial charge in [0.25, 0.3) is 0 Å². The third kappa shape index (κ3) is 10.9. The molecule has 9 rings (SSSR count). The Labute approximate surface area is 437 Å². The van der Waals surface area contributed by atoms with Crippen LogP contribution in [0.4, 0.5) is 0 Å². The van der Waals surface area contributed by atoms with Crippen LogP contribution in [0.5, 0.6) is 17.2 Å². The number of carbonyl (C=O) groups excluding carboxylic acids is 2. The Bertz CT molecular complexity index is 2380. The number of carbonyl (C=O) groups is 2. The van der Waals surface area contributed by atoms with Gasteiger partial charge in [-0.05, 0) is 88.1 Å². The molecule has 0 aromatic heterocycles. The predicted octanol–water partition coefficient (Wildman–Crippen LogP) is 3.79. The molecule has 21 nitrogen and oxygen atoms in total. The van der Waals surface area contributed by atoms with Crippen LogP contribution in [-0.2, 0) is 47.4 Å². The molecule has 0 radical (unpaired) electrons. The Morgan fingerprint density at radius 1 is 0.587 bits per heavy atom. The summed E-state index contributed by atoms with van der Waals surface area (Å²) in [6.07, 6.45) is -10.6. The summed E-state index contributed by atoms with van der Waals surface area (Å²) >= 11 is 0. The lowest BCUT2D eigenvalue weighted by atomic mass is 9.70. The van der Waals surface area contributed by atoms with Gasteiger partial charge in [0.1, 0.15) is 35.6 Å². The molecule has 21 heteroatoms. The maximum Gasteiger partial charge on any atom is 0.202 e. The summed E-state index contributed by atoms with van der Waals surface area (Å²) in [5, 5.41) is 81.1. The van der Waals surface area contributed by atoms with Crippen LogP contribution in [-0.4, -0.2) is 202 Å². The quantitative estimate of drug-likeness (QED) is 0.120. The molecule has 5 fully saturated rings. The van der Waals surface area contributed by atoms with Gasteiger partial charge in [0, 0.05) is 67.3 Å². The zero-order chi connectivity index (χ0) is 54.1. The molecule has 2 aromatic rings. The first-order valence-corrected chi connectivity index (χ1v) is 26.7. The van der Waals surface area contributed by atoms with Crippen molar-refractivity contribution in [1.29, 1.82) is 0 Å². The fourth-order valence-electron chi connectivity index (χ4n) is 12.3. The van der Waals surface area contributed by atoms with Gasteiger partial charge in [0.05, 0.1) is 83.3 Å². The minimum absolute atomic E-state index is 0.0283. The van der Waals surface area contributed by atoms with Crippen molar-refractivity contribution in [2.24, 2.45) is 0 Å². The highest BCUT2D eigenvalue weighted by molar-refractivity contribution is 6.31. The number of phenolic OH excluding ortho intramolecular Hbond substituents is 3. The zero-order valence-corrected chi connectivity index (χ0v) is 44.6. The highest BCUT2D eigenvalue weighted by Gasteiger charge is 2.55. The van der Waals surface area contributed by atoms with E-state index < -0.39 is 144 Å². The van der Waals surface area contributed by atoms with E-state index in [4.69, 9.17) is 47.4 Å². The van der Waals surface area contributed by atoms with E-state index in [0.717, 1.165) is 0 Å². The Hall–Kier alpha value is -3.46. The predicted molar refractivity (Wildman–Crippen MR) is 264 cm³/mol. The summed E-state index contributed by atoms with van der Waals surface area (Å²) in [5.41, 5.74) is -3.69. The molecule has 418 valence electrons. The molecule has 0 amide bonds. The largest absolute Gasteiger partial charge is 0.507 e. The Morgan fingerprint density at radius 2 is 1.15 bits per heavy atom. The van der Waals surface area contributed by atoms with Crippen molar-refractivity contribution in [2.45, 2.75) is 228 Å². The number of benzene rings is 2. The molecule has 0 bridgehead atoms. The third-order valence-electron chi connectivity index (χ3n) is 16.7. The van der Waals surface area contributed by atoms with Crippen LogP contribution in [0, 0.1) is 0 Å². The molecule has 5 aliphatic heterocycles. The lowest BCUT2D eigenvalue weighted by Gasteiger charge is -2.49. The van der Waals surface area contributed by atoms with Crippen molar-refractivity contribution in [3.63, 3.8) is 0 Å². The van der Waals surface area contributed by atoms with E-state index in [0.29, 0.717) is 25.7 Å². The van der Waals surface area contributed by atoms with Crippen molar-refractivity contribution in [1.82, 2.24) is 9.80 Å². The fourth-order valence-corrected chi connectivity index (χ4v) is 12.3. The van der Waals surface area contributed by atoms with E-state index in [9.17, 15) is 45.3 Å². The topological polar surface area (TPSA) is 275 Å². The van der Waals surface area contributed by atoms with Crippen LogP contribution in [0.3, 0.4) is 0 Å². The van der Waals surface area contributed by atoms with Gasteiger partial charge in [0.2, 0.25) is 5.78 Å². The minimum Gasteiger partial charge on any atom is -0.507 e. The highest BCUT2D eigenvalue weighted by atomic mass is 16.7. The van der Waals surface area contributed by atoms with E-state index >= 15 is 0 Å². The first-order valence-electron chi connectivity index (χ1n) is 26.7. The number of fused-ring (bicyclic) bond motifs is 3. The van der Waals surface area contributed by atoms with Gasteiger partial charge in [-0.3, -0.25) is 9.59 Å². The third-order valence-corrected chi connectivity index (χ3v) is 16.7. The Balaban J connectivity index is 0.924. The van der Waals surface area contributed by atoms with Gasteiger partial charge in [-0.1, -0.05) is 19.1 Å². The van der Waals surface area contributed by atoms with Crippen LogP contribution in [0.25, 0.3) is 0 Å². The number of nitrogens with zero attached hydrogens (tertiary/aromatic N) is 2. The number of hydrogen-bond acceptors (Lipinski definition) is 21. The SMILES string of the molecule is CC[C@@]1(O)C[C@H](OC2CC(N(C)C)C(OC3CC(O)C(OC4CCC(OC5CCC(O)C(C)O5)C(C)O4)C(C)O3)C(C)O2)c2c(O)c3c(c(O)c2[C@H]1OC1CC(N(C)C)C(O)C(C)O1)C(=O)c1cccc(O)c1C3=O. The molecule has 18 unspecified atom stereocenters. The number of aliphatic hydroxyl groups is 4. The van der Waals surface area contributed by atoms with E-state index in [1.165, 1.54) is 18.2 Å². The number of ether oxygens (including phenoxy) is 10. The smallest absolute Gasteiger partial charge is 0.202 e. The molecule has 2 aromatic carbocycles. The van der Waals surface area contributed by atoms with E-state index in [-0.39, 0.29) is 78.7 Å². The second-order valence-electron chi connectivity index (χ2n) is 22.2. The summed E-state index contributed by atoms with van der Waals surface area (Å²) < 4.78 is 63.8. The fraction of sp³-hybridized carbons (Fsp3) is 0.741. The first kappa shape index (κ1) is 56.3.